The number of thioether (sulfide) groups is 1. The van der Waals surface area contributed by atoms with Gasteiger partial charge in [-0.25, -0.2) is 0 Å². The van der Waals surface area contributed by atoms with Gasteiger partial charge >= 0.3 is 6.36 Å². The first-order chi connectivity index (χ1) is 12.9. The van der Waals surface area contributed by atoms with Crippen LogP contribution in [0.25, 0.3) is 0 Å². The van der Waals surface area contributed by atoms with Crippen molar-refractivity contribution in [3.05, 3.63) is 70.2 Å². The van der Waals surface area contributed by atoms with E-state index < -0.39 is 6.36 Å². The average molecular weight is 434 g/mol. The number of alkyl halides is 3. The molecule has 0 spiro atoms. The molecule has 1 aliphatic rings. The summed E-state index contributed by atoms with van der Waals surface area (Å²) in [5.41, 5.74) is 1.29. The summed E-state index contributed by atoms with van der Waals surface area (Å²) in [6.45, 7) is 2.64. The van der Waals surface area contributed by atoms with Crippen molar-refractivity contribution in [2.75, 3.05) is 12.3 Å². The summed E-state index contributed by atoms with van der Waals surface area (Å²) in [4.78, 5) is 1.99. The molecule has 0 aliphatic heterocycles. The highest BCUT2D eigenvalue weighted by molar-refractivity contribution is 8.03. The van der Waals surface area contributed by atoms with E-state index in [1.165, 1.54) is 34.6 Å². The lowest BCUT2D eigenvalue weighted by molar-refractivity contribution is -0.274. The number of rotatable bonds is 8. The Kier molecular flexibility index (Phi) is 8.89. The van der Waals surface area contributed by atoms with Crippen LogP contribution in [-0.4, -0.2) is 18.7 Å². The Morgan fingerprint density at radius 2 is 2.00 bits per heavy atom. The first kappa shape index (κ1) is 22.0. The van der Waals surface area contributed by atoms with Gasteiger partial charge in [0.1, 0.15) is 5.75 Å². The maximum atomic E-state index is 12.2. The van der Waals surface area contributed by atoms with Gasteiger partial charge in [-0.2, -0.15) is 0 Å². The highest BCUT2D eigenvalue weighted by Crippen LogP contribution is 2.26. The van der Waals surface area contributed by atoms with Crippen molar-refractivity contribution >= 4 is 35.3 Å². The quantitative estimate of drug-likeness (QED) is 0.453. The van der Waals surface area contributed by atoms with Crippen LogP contribution in [0, 0.1) is 0 Å². The van der Waals surface area contributed by atoms with E-state index >= 15 is 0 Å². The molecule has 2 nitrogen and oxygen atoms in total. The molecule has 0 fully saturated rings. The number of allylic oxidation sites excluding steroid dienone is 6. The lowest BCUT2D eigenvalue weighted by Gasteiger charge is -2.11. The molecule has 0 heterocycles. The van der Waals surface area contributed by atoms with Gasteiger partial charge in [-0.3, -0.25) is 4.72 Å². The molecule has 1 N–H and O–H groups in total. The maximum absolute atomic E-state index is 12.2. The number of hydrogen-bond donors (Lipinski definition) is 1. The van der Waals surface area contributed by atoms with Crippen molar-refractivity contribution in [1.82, 2.24) is 4.72 Å². The van der Waals surface area contributed by atoms with Crippen LogP contribution in [0.15, 0.2) is 75.1 Å². The number of benzene rings is 1. The standard InChI is InChI=1S/C19H19ClF3NOS2/c1-2-17(26-13-14-4-3-5-15(20)7-6-14)12-24-27-18-10-8-16(9-11-18)25-19(21,22)23/h2-3,5-11,24H,4,12-13H2,1H3/b17-2-. The lowest BCUT2D eigenvalue weighted by atomic mass is 10.2. The van der Waals surface area contributed by atoms with Gasteiger partial charge in [-0.05, 0) is 66.6 Å². The van der Waals surface area contributed by atoms with Gasteiger partial charge < -0.3 is 4.74 Å². The molecule has 1 aromatic rings. The van der Waals surface area contributed by atoms with Gasteiger partial charge in [0.15, 0.2) is 0 Å². The minimum Gasteiger partial charge on any atom is -0.406 e. The molecule has 146 valence electrons. The van der Waals surface area contributed by atoms with Crippen LogP contribution in [0.5, 0.6) is 5.75 Å². The molecule has 0 saturated heterocycles. The molecule has 0 unspecified atom stereocenters. The average Bonchev–Trinajstić information content (AvgIpc) is 2.82. The van der Waals surface area contributed by atoms with Crippen LogP contribution < -0.4 is 9.46 Å². The first-order valence-electron chi connectivity index (χ1n) is 8.11. The van der Waals surface area contributed by atoms with Crippen molar-refractivity contribution in [3.8, 4) is 5.75 Å². The summed E-state index contributed by atoms with van der Waals surface area (Å²) in [6, 6.07) is 5.76. The lowest BCUT2D eigenvalue weighted by Crippen LogP contribution is -2.17. The Hall–Kier alpha value is -1.28. The maximum Gasteiger partial charge on any atom is 0.573 e. The molecular weight excluding hydrogens is 415 g/mol. The Bertz CT molecular complexity index is 740. The second-order valence-corrected chi connectivity index (χ2v) is 7.97. The van der Waals surface area contributed by atoms with Gasteiger partial charge in [0.05, 0.1) is 0 Å². The second kappa shape index (κ2) is 10.9. The summed E-state index contributed by atoms with van der Waals surface area (Å²) in [5, 5.41) is 0.728. The Morgan fingerprint density at radius 1 is 1.26 bits per heavy atom. The Labute approximate surface area is 170 Å². The highest BCUT2D eigenvalue weighted by atomic mass is 35.5. The molecule has 0 aromatic heterocycles. The van der Waals surface area contributed by atoms with E-state index in [9.17, 15) is 13.2 Å². The summed E-state index contributed by atoms with van der Waals surface area (Å²) < 4.78 is 43.5. The van der Waals surface area contributed by atoms with Crippen molar-refractivity contribution in [2.24, 2.45) is 0 Å². The number of nitrogens with one attached hydrogen (secondary N) is 1. The van der Waals surface area contributed by atoms with Crippen LogP contribution >= 0.6 is 35.3 Å². The zero-order chi connectivity index (χ0) is 19.7. The molecule has 1 aliphatic carbocycles. The van der Waals surface area contributed by atoms with E-state index in [0.717, 1.165) is 22.1 Å². The van der Waals surface area contributed by atoms with Gasteiger partial charge in [-0.1, -0.05) is 35.4 Å². The summed E-state index contributed by atoms with van der Waals surface area (Å²) in [5.74, 6) is 0.650. The van der Waals surface area contributed by atoms with Gasteiger partial charge in [0.2, 0.25) is 0 Å². The summed E-state index contributed by atoms with van der Waals surface area (Å²) in [7, 11) is 0. The molecule has 0 bridgehead atoms. The van der Waals surface area contributed by atoms with Crippen LogP contribution in [0.1, 0.15) is 13.3 Å². The van der Waals surface area contributed by atoms with E-state index in [0.29, 0.717) is 6.54 Å². The molecular formula is C19H19ClF3NOS2. The Balaban J connectivity index is 1.75. The van der Waals surface area contributed by atoms with Crippen molar-refractivity contribution in [1.29, 1.82) is 0 Å². The topological polar surface area (TPSA) is 21.3 Å². The monoisotopic (exact) mass is 433 g/mol. The highest BCUT2D eigenvalue weighted by Gasteiger charge is 2.30. The first-order valence-corrected chi connectivity index (χ1v) is 10.3. The van der Waals surface area contributed by atoms with Gasteiger partial charge in [0.25, 0.3) is 0 Å². The minimum atomic E-state index is -4.67. The largest absolute Gasteiger partial charge is 0.573 e. The van der Waals surface area contributed by atoms with E-state index in [2.05, 4.69) is 21.6 Å². The predicted molar refractivity (Wildman–Crippen MR) is 109 cm³/mol. The zero-order valence-corrected chi connectivity index (χ0v) is 16.9. The third kappa shape index (κ3) is 8.97. The number of ether oxygens (including phenoxy) is 1. The molecule has 0 amide bonds. The van der Waals surface area contributed by atoms with Crippen LogP contribution in [0.4, 0.5) is 13.2 Å². The van der Waals surface area contributed by atoms with Gasteiger partial charge in [-0.15, -0.1) is 24.9 Å². The zero-order valence-electron chi connectivity index (χ0n) is 14.6. The predicted octanol–water partition coefficient (Wildman–Crippen LogP) is 6.83. The normalized spacial score (nSPS) is 15.2. The molecule has 0 saturated carbocycles. The Morgan fingerprint density at radius 3 is 2.67 bits per heavy atom. The fraction of sp³-hybridized carbons (Fsp3) is 0.263. The fourth-order valence-electron chi connectivity index (χ4n) is 2.07. The molecule has 0 radical (unpaired) electrons. The van der Waals surface area contributed by atoms with Crippen LogP contribution in [-0.2, 0) is 0 Å². The molecule has 0 atom stereocenters. The summed E-state index contributed by atoms with van der Waals surface area (Å²) >= 11 is 9.09. The molecule has 27 heavy (non-hydrogen) atoms. The van der Waals surface area contributed by atoms with Crippen molar-refractivity contribution < 1.29 is 17.9 Å². The van der Waals surface area contributed by atoms with Crippen LogP contribution in [0.2, 0.25) is 0 Å². The third-order valence-corrected chi connectivity index (χ3v) is 5.71. The van der Waals surface area contributed by atoms with E-state index in [4.69, 9.17) is 11.6 Å². The molecule has 8 heteroatoms. The smallest absolute Gasteiger partial charge is 0.406 e. The minimum absolute atomic E-state index is 0.226. The molecule has 1 aromatic carbocycles. The van der Waals surface area contributed by atoms with Crippen molar-refractivity contribution in [3.63, 3.8) is 0 Å². The van der Waals surface area contributed by atoms with E-state index in [-0.39, 0.29) is 5.75 Å². The number of hydrogen-bond acceptors (Lipinski definition) is 4. The second-order valence-electron chi connectivity index (χ2n) is 5.47. The van der Waals surface area contributed by atoms with Crippen molar-refractivity contribution in [2.45, 2.75) is 24.6 Å². The van der Waals surface area contributed by atoms with Gasteiger partial charge in [0, 0.05) is 22.2 Å². The van der Waals surface area contributed by atoms with E-state index in [1.807, 2.05) is 25.2 Å². The SMILES string of the molecule is C/C=C(/CNSc1ccc(OC(F)(F)F)cc1)SCC1=CC=C(Cl)C=CC1. The number of halogens is 4. The van der Waals surface area contributed by atoms with E-state index in [1.54, 1.807) is 23.9 Å². The summed E-state index contributed by atoms with van der Waals surface area (Å²) in [6.07, 6.45) is 6.16. The van der Waals surface area contributed by atoms with Crippen LogP contribution in [0.3, 0.4) is 0 Å². The fourth-order valence-corrected chi connectivity index (χ4v) is 3.91. The molecule has 2 rings (SSSR count). The third-order valence-electron chi connectivity index (χ3n) is 3.39.